The van der Waals surface area contributed by atoms with Crippen LogP contribution in [0.2, 0.25) is 0 Å². The van der Waals surface area contributed by atoms with Crippen LogP contribution in [-0.4, -0.2) is 10.8 Å². The summed E-state index contributed by atoms with van der Waals surface area (Å²) in [5, 5.41) is 7.47. The lowest BCUT2D eigenvalue weighted by Crippen LogP contribution is -2.10. The Labute approximate surface area is 114 Å². The van der Waals surface area contributed by atoms with Gasteiger partial charge in [0.05, 0.1) is 0 Å². The molecule has 1 aromatic heterocycles. The zero-order chi connectivity index (χ0) is 13.8. The Bertz CT molecular complexity index is 573. The first kappa shape index (κ1) is 13.3. The lowest BCUT2D eigenvalue weighted by molar-refractivity contribution is 0.708. The Balaban J connectivity index is 2.32. The molecule has 0 aliphatic heterocycles. The van der Waals surface area contributed by atoms with E-state index in [1.165, 1.54) is 0 Å². The Kier molecular flexibility index (Phi) is 3.95. The Morgan fingerprint density at radius 2 is 2.05 bits per heavy atom. The smallest absolute Gasteiger partial charge is 0.122 e. The molecule has 0 saturated carbocycles. The highest BCUT2D eigenvalue weighted by atomic mass is 14.7. The van der Waals surface area contributed by atoms with E-state index < -0.39 is 0 Å². The number of nitrogens with zero attached hydrogens (tertiary/aromatic N) is 1. The first-order chi connectivity index (χ1) is 9.11. The molecule has 0 amide bonds. The van der Waals surface area contributed by atoms with E-state index in [9.17, 15) is 0 Å². The minimum atomic E-state index is 0.0889. The molecule has 0 aliphatic rings. The monoisotopic (exact) mass is 253 g/mol. The van der Waals surface area contributed by atoms with Crippen molar-refractivity contribution in [3.63, 3.8) is 0 Å². The quantitative estimate of drug-likeness (QED) is 0.646. The minimum Gasteiger partial charge on any atom is -0.384 e. The number of hydrogen-bond donors (Lipinski definition) is 2. The van der Waals surface area contributed by atoms with Gasteiger partial charge in [-0.25, -0.2) is 0 Å². The molecule has 0 spiro atoms. The van der Waals surface area contributed by atoms with Gasteiger partial charge in [-0.1, -0.05) is 38.1 Å². The van der Waals surface area contributed by atoms with Gasteiger partial charge < -0.3 is 5.73 Å². The van der Waals surface area contributed by atoms with Crippen molar-refractivity contribution in [3.8, 4) is 11.1 Å². The first-order valence-electron chi connectivity index (χ1n) is 6.52. The fraction of sp³-hybridized carbons (Fsp3) is 0.250. The van der Waals surface area contributed by atoms with E-state index in [2.05, 4.69) is 31.0 Å². The van der Waals surface area contributed by atoms with Crippen LogP contribution in [0.4, 0.5) is 0 Å². The molecular formula is C16H19N3. The normalized spacial score (nSPS) is 12.1. The third-order valence-corrected chi connectivity index (χ3v) is 3.41. The van der Waals surface area contributed by atoms with Gasteiger partial charge in [-0.15, -0.1) is 0 Å². The number of nitrogens with two attached hydrogens (primary N) is 1. The molecule has 3 heteroatoms. The molecule has 0 fully saturated rings. The number of pyridine rings is 1. The predicted molar refractivity (Wildman–Crippen MR) is 79.4 cm³/mol. The molecule has 3 nitrogen and oxygen atoms in total. The minimum absolute atomic E-state index is 0.0889. The Hall–Kier alpha value is -2.16. The fourth-order valence-electron chi connectivity index (χ4n) is 1.94. The molecule has 0 bridgehead atoms. The highest BCUT2D eigenvalue weighted by Crippen LogP contribution is 2.22. The average molecular weight is 253 g/mol. The van der Waals surface area contributed by atoms with E-state index in [4.69, 9.17) is 11.1 Å². The average Bonchev–Trinajstić information content (AvgIpc) is 2.46. The van der Waals surface area contributed by atoms with Crippen molar-refractivity contribution in [2.45, 2.75) is 26.2 Å². The lowest BCUT2D eigenvalue weighted by Gasteiger charge is -2.09. The third-order valence-electron chi connectivity index (χ3n) is 3.41. The van der Waals surface area contributed by atoms with E-state index >= 15 is 0 Å². The van der Waals surface area contributed by atoms with Crippen LogP contribution in [0.25, 0.3) is 11.1 Å². The third kappa shape index (κ3) is 2.99. The Morgan fingerprint density at radius 3 is 2.63 bits per heavy atom. The standard InChI is InChI=1S/C16H19N3/c1-3-11(2)15-8-7-14(10-19-15)12-5-4-6-13(9-12)16(17)18/h4-11H,3H2,1-2H3,(H3,17,18). The molecule has 2 rings (SSSR count). The molecule has 0 aliphatic carbocycles. The van der Waals surface area contributed by atoms with Crippen LogP contribution in [0.3, 0.4) is 0 Å². The molecular weight excluding hydrogens is 234 g/mol. The van der Waals surface area contributed by atoms with Crippen LogP contribution in [0.15, 0.2) is 42.6 Å². The summed E-state index contributed by atoms with van der Waals surface area (Å²) in [7, 11) is 0. The van der Waals surface area contributed by atoms with Crippen molar-refractivity contribution in [3.05, 3.63) is 53.9 Å². The molecule has 2 aromatic rings. The number of aromatic nitrogens is 1. The SMILES string of the molecule is CCC(C)c1ccc(-c2cccc(C(=N)N)c2)cn1. The zero-order valence-electron chi connectivity index (χ0n) is 11.4. The molecule has 0 radical (unpaired) electrons. The summed E-state index contributed by atoms with van der Waals surface area (Å²) >= 11 is 0. The molecule has 1 heterocycles. The maximum absolute atomic E-state index is 7.47. The highest BCUT2D eigenvalue weighted by Gasteiger charge is 2.06. The van der Waals surface area contributed by atoms with E-state index in [0.717, 1.165) is 28.8 Å². The second-order valence-electron chi connectivity index (χ2n) is 4.78. The Morgan fingerprint density at radius 1 is 1.26 bits per heavy atom. The van der Waals surface area contributed by atoms with Crippen molar-refractivity contribution in [2.24, 2.45) is 5.73 Å². The largest absolute Gasteiger partial charge is 0.384 e. The topological polar surface area (TPSA) is 62.8 Å². The second-order valence-corrected chi connectivity index (χ2v) is 4.78. The van der Waals surface area contributed by atoms with Crippen molar-refractivity contribution in [1.29, 1.82) is 5.41 Å². The summed E-state index contributed by atoms with van der Waals surface area (Å²) in [4.78, 5) is 4.52. The fourth-order valence-corrected chi connectivity index (χ4v) is 1.94. The van der Waals surface area contributed by atoms with Gasteiger partial charge in [0.2, 0.25) is 0 Å². The molecule has 1 unspecified atom stereocenters. The number of hydrogen-bond acceptors (Lipinski definition) is 2. The van der Waals surface area contributed by atoms with Crippen LogP contribution in [0.1, 0.15) is 37.4 Å². The summed E-state index contributed by atoms with van der Waals surface area (Å²) in [5.41, 5.74) is 9.46. The van der Waals surface area contributed by atoms with Gasteiger partial charge >= 0.3 is 0 Å². The molecule has 98 valence electrons. The summed E-state index contributed by atoms with van der Waals surface area (Å²) in [6, 6.07) is 11.8. The van der Waals surface area contributed by atoms with Crippen LogP contribution in [0, 0.1) is 5.41 Å². The van der Waals surface area contributed by atoms with Crippen LogP contribution in [0.5, 0.6) is 0 Å². The van der Waals surface area contributed by atoms with Crippen LogP contribution in [-0.2, 0) is 0 Å². The lowest BCUT2D eigenvalue weighted by atomic mass is 10.0. The van der Waals surface area contributed by atoms with E-state index in [1.54, 1.807) is 0 Å². The van der Waals surface area contributed by atoms with Gasteiger partial charge in [0.1, 0.15) is 5.84 Å². The molecule has 1 atom stereocenters. The first-order valence-corrected chi connectivity index (χ1v) is 6.52. The molecule has 1 aromatic carbocycles. The summed E-state index contributed by atoms with van der Waals surface area (Å²) in [6.45, 7) is 4.34. The van der Waals surface area contributed by atoms with Crippen LogP contribution < -0.4 is 5.73 Å². The molecule has 0 saturated heterocycles. The van der Waals surface area contributed by atoms with Crippen molar-refractivity contribution < 1.29 is 0 Å². The van der Waals surface area contributed by atoms with Gasteiger partial charge in [-0.05, 0) is 30.0 Å². The number of nitrogens with one attached hydrogen (secondary N) is 1. The number of rotatable bonds is 4. The number of amidine groups is 1. The van der Waals surface area contributed by atoms with Gasteiger partial charge in [-0.3, -0.25) is 10.4 Å². The summed E-state index contributed by atoms with van der Waals surface area (Å²) < 4.78 is 0. The maximum Gasteiger partial charge on any atom is 0.122 e. The zero-order valence-corrected chi connectivity index (χ0v) is 11.4. The van der Waals surface area contributed by atoms with Crippen molar-refractivity contribution in [1.82, 2.24) is 4.98 Å². The number of nitrogen functional groups attached to an aromatic ring is 1. The predicted octanol–water partition coefficient (Wildman–Crippen LogP) is 3.55. The van der Waals surface area contributed by atoms with Gasteiger partial charge in [0.15, 0.2) is 0 Å². The maximum atomic E-state index is 7.47. The van der Waals surface area contributed by atoms with Gasteiger partial charge in [-0.2, -0.15) is 0 Å². The van der Waals surface area contributed by atoms with E-state index in [-0.39, 0.29) is 5.84 Å². The summed E-state index contributed by atoms with van der Waals surface area (Å²) in [5.74, 6) is 0.573. The van der Waals surface area contributed by atoms with Gasteiger partial charge in [0, 0.05) is 23.0 Å². The van der Waals surface area contributed by atoms with E-state index in [1.807, 2.05) is 30.5 Å². The van der Waals surface area contributed by atoms with E-state index in [0.29, 0.717) is 5.92 Å². The van der Waals surface area contributed by atoms with Crippen molar-refractivity contribution in [2.75, 3.05) is 0 Å². The van der Waals surface area contributed by atoms with Gasteiger partial charge in [0.25, 0.3) is 0 Å². The highest BCUT2D eigenvalue weighted by molar-refractivity contribution is 5.96. The number of benzene rings is 1. The molecule has 19 heavy (non-hydrogen) atoms. The molecule has 3 N–H and O–H groups in total. The summed E-state index contributed by atoms with van der Waals surface area (Å²) in [6.07, 6.45) is 2.98. The van der Waals surface area contributed by atoms with Crippen molar-refractivity contribution >= 4 is 5.84 Å². The second kappa shape index (κ2) is 5.65. The van der Waals surface area contributed by atoms with Crippen LogP contribution >= 0.6 is 0 Å².